The summed E-state index contributed by atoms with van der Waals surface area (Å²) in [5, 5.41) is 0.687. The molecule has 1 aliphatic rings. The highest BCUT2D eigenvalue weighted by atomic mass is 35.5. The fourth-order valence-electron chi connectivity index (χ4n) is 2.78. The van der Waals surface area contributed by atoms with Gasteiger partial charge in [0, 0.05) is 33.2 Å². The zero-order valence-corrected chi connectivity index (χ0v) is 17.1. The van der Waals surface area contributed by atoms with Gasteiger partial charge in [0.15, 0.2) is 5.78 Å². The van der Waals surface area contributed by atoms with Crippen LogP contribution in [0.3, 0.4) is 0 Å². The minimum atomic E-state index is 0.0696. The predicted molar refractivity (Wildman–Crippen MR) is 117 cm³/mol. The molecule has 1 aliphatic heterocycles. The zero-order valence-electron chi connectivity index (χ0n) is 14.7. The topological polar surface area (TPSA) is 17.1 Å². The lowest BCUT2D eigenvalue weighted by molar-refractivity contribution is -0.113. The van der Waals surface area contributed by atoms with E-state index in [1.807, 2.05) is 61.5 Å². The highest BCUT2D eigenvalue weighted by molar-refractivity contribution is 8.25. The summed E-state index contributed by atoms with van der Waals surface area (Å²) in [7, 11) is 0. The summed E-state index contributed by atoms with van der Waals surface area (Å²) in [5.74, 6) is 2.14. The molecular weight excluding hydrogens is 380 g/mol. The van der Waals surface area contributed by atoms with Crippen molar-refractivity contribution in [1.29, 1.82) is 0 Å². The maximum Gasteiger partial charge on any atom is 0.162 e. The van der Waals surface area contributed by atoms with Crippen LogP contribution in [0.4, 0.5) is 0 Å². The molecular formula is C22H19ClOS2. The third-order valence-corrected chi connectivity index (χ3v) is 7.05. The van der Waals surface area contributed by atoms with Crippen LogP contribution < -0.4 is 0 Å². The summed E-state index contributed by atoms with van der Waals surface area (Å²) in [6.07, 6.45) is 0. The van der Waals surface area contributed by atoms with E-state index in [9.17, 15) is 4.79 Å². The number of thioether (sulfide) groups is 2. The van der Waals surface area contributed by atoms with Gasteiger partial charge in [0.2, 0.25) is 0 Å². The van der Waals surface area contributed by atoms with E-state index in [4.69, 9.17) is 11.6 Å². The largest absolute Gasteiger partial charge is 0.294 e. The van der Waals surface area contributed by atoms with Crippen molar-refractivity contribution in [2.45, 2.75) is 13.8 Å². The maximum absolute atomic E-state index is 12.5. The summed E-state index contributed by atoms with van der Waals surface area (Å²) in [6, 6.07) is 17.7. The van der Waals surface area contributed by atoms with E-state index in [1.54, 1.807) is 30.4 Å². The van der Waals surface area contributed by atoms with Gasteiger partial charge in [-0.15, -0.1) is 29.3 Å². The normalized spacial score (nSPS) is 13.3. The van der Waals surface area contributed by atoms with Crippen molar-refractivity contribution in [3.05, 3.63) is 86.3 Å². The van der Waals surface area contributed by atoms with Crippen molar-refractivity contribution in [2.75, 3.05) is 11.5 Å². The van der Waals surface area contributed by atoms with Crippen molar-refractivity contribution < 1.29 is 4.79 Å². The molecule has 26 heavy (non-hydrogen) atoms. The van der Waals surface area contributed by atoms with E-state index in [0.29, 0.717) is 5.02 Å². The summed E-state index contributed by atoms with van der Waals surface area (Å²) < 4.78 is 1.09. The Morgan fingerprint density at radius 1 is 0.962 bits per heavy atom. The fourth-order valence-corrected chi connectivity index (χ4v) is 5.71. The van der Waals surface area contributed by atoms with E-state index in [-0.39, 0.29) is 5.78 Å². The van der Waals surface area contributed by atoms with Crippen molar-refractivity contribution >= 4 is 52.1 Å². The number of hydrogen-bond donors (Lipinski definition) is 0. The molecule has 0 aromatic heterocycles. The van der Waals surface area contributed by atoms with E-state index in [0.717, 1.165) is 43.6 Å². The SMILES string of the molecule is CC(=O)C(C(=C=C(C)c1ccccc1Cl)c1ccccc1)=C1SCCS1. The average Bonchev–Trinajstić information content (AvgIpc) is 3.16. The Morgan fingerprint density at radius 2 is 1.58 bits per heavy atom. The quantitative estimate of drug-likeness (QED) is 0.421. The van der Waals surface area contributed by atoms with Crippen LogP contribution in [0.25, 0.3) is 11.1 Å². The first-order valence-corrected chi connectivity index (χ1v) is 10.7. The Morgan fingerprint density at radius 3 is 2.19 bits per heavy atom. The number of ketones is 1. The first kappa shape index (κ1) is 19.1. The van der Waals surface area contributed by atoms with Crippen LogP contribution in [0.2, 0.25) is 5.02 Å². The van der Waals surface area contributed by atoms with Gasteiger partial charge in [-0.1, -0.05) is 60.1 Å². The highest BCUT2D eigenvalue weighted by Gasteiger charge is 2.22. The molecule has 0 atom stereocenters. The van der Waals surface area contributed by atoms with Gasteiger partial charge in [0.1, 0.15) is 0 Å². The predicted octanol–water partition coefficient (Wildman–Crippen LogP) is 6.71. The second kappa shape index (κ2) is 8.83. The molecule has 0 saturated carbocycles. The molecule has 0 unspecified atom stereocenters. The van der Waals surface area contributed by atoms with Crippen LogP contribution in [0.5, 0.6) is 0 Å². The summed E-state index contributed by atoms with van der Waals surface area (Å²) in [4.78, 5) is 12.5. The smallest absolute Gasteiger partial charge is 0.162 e. The molecule has 0 bridgehead atoms. The summed E-state index contributed by atoms with van der Waals surface area (Å²) in [6.45, 7) is 3.62. The molecule has 0 aliphatic carbocycles. The number of allylic oxidation sites excluding steroid dienone is 2. The molecule has 1 fully saturated rings. The van der Waals surface area contributed by atoms with Crippen LogP contribution in [0, 0.1) is 0 Å². The van der Waals surface area contributed by atoms with E-state index in [1.165, 1.54) is 0 Å². The average molecular weight is 399 g/mol. The maximum atomic E-state index is 12.5. The Labute approximate surface area is 168 Å². The molecule has 4 heteroatoms. The van der Waals surface area contributed by atoms with Gasteiger partial charge in [-0.2, -0.15) is 0 Å². The first-order chi connectivity index (χ1) is 12.6. The number of halogens is 1. The van der Waals surface area contributed by atoms with Crippen molar-refractivity contribution in [3.8, 4) is 0 Å². The molecule has 2 aromatic carbocycles. The highest BCUT2D eigenvalue weighted by Crippen LogP contribution is 2.43. The minimum absolute atomic E-state index is 0.0696. The van der Waals surface area contributed by atoms with E-state index < -0.39 is 0 Å². The monoisotopic (exact) mass is 398 g/mol. The molecule has 1 heterocycles. The Balaban J connectivity index is 2.29. The lowest BCUT2D eigenvalue weighted by atomic mass is 9.95. The number of hydrogen-bond acceptors (Lipinski definition) is 3. The Kier molecular flexibility index (Phi) is 6.50. The number of carbonyl (C=O) groups excluding carboxylic acids is 1. The second-order valence-electron chi connectivity index (χ2n) is 5.89. The number of Topliss-reactive ketones (excluding diaryl/α,β-unsaturated/α-hetero) is 1. The third kappa shape index (κ3) is 4.36. The number of carbonyl (C=O) groups is 1. The van der Waals surface area contributed by atoms with Crippen LogP contribution in [-0.4, -0.2) is 17.3 Å². The lowest BCUT2D eigenvalue weighted by Gasteiger charge is -2.12. The van der Waals surface area contributed by atoms with Crippen molar-refractivity contribution in [1.82, 2.24) is 0 Å². The van der Waals surface area contributed by atoms with Gasteiger partial charge in [0.25, 0.3) is 0 Å². The number of benzene rings is 2. The molecule has 0 amide bonds. The third-order valence-electron chi connectivity index (χ3n) is 4.01. The van der Waals surface area contributed by atoms with Crippen LogP contribution in [-0.2, 0) is 4.79 Å². The molecule has 132 valence electrons. The zero-order chi connectivity index (χ0) is 18.5. The molecule has 0 radical (unpaired) electrons. The molecule has 2 aromatic rings. The summed E-state index contributed by atoms with van der Waals surface area (Å²) in [5.41, 5.74) is 7.93. The van der Waals surface area contributed by atoms with Gasteiger partial charge in [-0.05, 0) is 25.5 Å². The number of rotatable bonds is 4. The van der Waals surface area contributed by atoms with Gasteiger partial charge in [-0.3, -0.25) is 4.79 Å². The molecule has 0 spiro atoms. The standard InChI is InChI=1S/C22H19ClOS2/c1-15(18-10-6-7-11-20(18)23)14-19(17-8-4-3-5-9-17)21(16(2)24)22-25-12-13-26-22/h3-11H,12-13H2,1-2H3. The minimum Gasteiger partial charge on any atom is -0.294 e. The van der Waals surface area contributed by atoms with E-state index in [2.05, 4.69) is 5.73 Å². The van der Waals surface area contributed by atoms with Gasteiger partial charge in [0.05, 0.1) is 9.81 Å². The Hall–Kier alpha value is -1.64. The van der Waals surface area contributed by atoms with E-state index >= 15 is 0 Å². The van der Waals surface area contributed by atoms with Crippen molar-refractivity contribution in [2.24, 2.45) is 0 Å². The van der Waals surface area contributed by atoms with Gasteiger partial charge >= 0.3 is 0 Å². The fraction of sp³-hybridized carbons (Fsp3) is 0.182. The molecule has 1 nitrogen and oxygen atoms in total. The summed E-state index contributed by atoms with van der Waals surface area (Å²) >= 11 is 9.87. The van der Waals surface area contributed by atoms with Crippen LogP contribution in [0.1, 0.15) is 25.0 Å². The lowest BCUT2D eigenvalue weighted by Crippen LogP contribution is -2.01. The first-order valence-electron chi connectivity index (χ1n) is 8.37. The van der Waals surface area contributed by atoms with Crippen LogP contribution >= 0.6 is 35.1 Å². The molecule has 0 N–H and O–H groups in total. The van der Waals surface area contributed by atoms with Crippen molar-refractivity contribution in [3.63, 3.8) is 0 Å². The van der Waals surface area contributed by atoms with Gasteiger partial charge in [-0.25, -0.2) is 0 Å². The molecule has 1 saturated heterocycles. The Bertz CT molecular complexity index is 914. The second-order valence-corrected chi connectivity index (χ2v) is 8.76. The molecule has 3 rings (SSSR count). The van der Waals surface area contributed by atoms with Gasteiger partial charge < -0.3 is 0 Å². The van der Waals surface area contributed by atoms with Crippen LogP contribution in [0.15, 0.2) is 70.1 Å².